The molecule has 2 rings (SSSR count). The normalized spacial score (nSPS) is 11.2. The molecular formula is C11H8BrNO. The Morgan fingerprint density at radius 3 is 3.00 bits per heavy atom. The van der Waals surface area contributed by atoms with E-state index in [-0.39, 0.29) is 0 Å². The monoisotopic (exact) mass is 249 g/mol. The topological polar surface area (TPSA) is 32.9 Å². The summed E-state index contributed by atoms with van der Waals surface area (Å²) in [7, 11) is 0. The Balaban J connectivity index is 2.58. The highest BCUT2D eigenvalue weighted by Crippen LogP contribution is 2.22. The molecule has 1 N–H and O–H groups in total. The van der Waals surface area contributed by atoms with Crippen molar-refractivity contribution in [3.8, 4) is 0 Å². The molecule has 1 aromatic carbocycles. The molecule has 0 aliphatic rings. The number of hydrogen-bond donors (Lipinski definition) is 1. The first kappa shape index (κ1) is 9.21. The molecule has 0 aliphatic heterocycles. The molecule has 0 bridgehead atoms. The number of carbonyl (C=O) groups is 1. The van der Waals surface area contributed by atoms with Crippen LogP contribution in [0.1, 0.15) is 5.56 Å². The van der Waals surface area contributed by atoms with Crippen LogP contribution in [0.25, 0.3) is 17.0 Å². The summed E-state index contributed by atoms with van der Waals surface area (Å²) in [6, 6.07) is 6.00. The van der Waals surface area contributed by atoms with E-state index in [1.165, 1.54) is 6.08 Å². The van der Waals surface area contributed by atoms with E-state index in [0.29, 0.717) is 0 Å². The zero-order valence-corrected chi connectivity index (χ0v) is 8.91. The van der Waals surface area contributed by atoms with Gasteiger partial charge in [-0.25, -0.2) is 0 Å². The smallest absolute Gasteiger partial charge is 0.142 e. The number of H-pyrrole nitrogens is 1. The molecule has 3 heteroatoms. The van der Waals surface area contributed by atoms with Gasteiger partial charge in [0.1, 0.15) is 6.29 Å². The minimum atomic E-state index is 0.775. The molecule has 2 aromatic rings. The van der Waals surface area contributed by atoms with Gasteiger partial charge >= 0.3 is 0 Å². The average molecular weight is 250 g/mol. The second-order valence-corrected chi connectivity index (χ2v) is 3.84. The maximum absolute atomic E-state index is 10.2. The molecule has 0 amide bonds. The van der Waals surface area contributed by atoms with E-state index in [0.717, 1.165) is 27.2 Å². The summed E-state index contributed by atoms with van der Waals surface area (Å²) in [6.07, 6.45) is 5.94. The second-order valence-electron chi connectivity index (χ2n) is 2.93. The van der Waals surface area contributed by atoms with Crippen LogP contribution in [0.5, 0.6) is 0 Å². The summed E-state index contributed by atoms with van der Waals surface area (Å²) in [4.78, 5) is 13.3. The van der Waals surface area contributed by atoms with Crippen LogP contribution in [-0.4, -0.2) is 11.3 Å². The van der Waals surface area contributed by atoms with Crippen molar-refractivity contribution in [3.05, 3.63) is 40.5 Å². The molecule has 1 heterocycles. The van der Waals surface area contributed by atoms with Gasteiger partial charge in [0.2, 0.25) is 0 Å². The molecule has 14 heavy (non-hydrogen) atoms. The molecule has 2 nitrogen and oxygen atoms in total. The number of aldehydes is 1. The predicted molar refractivity (Wildman–Crippen MR) is 61.1 cm³/mol. The fourth-order valence-electron chi connectivity index (χ4n) is 1.40. The Kier molecular flexibility index (Phi) is 2.50. The number of aromatic nitrogens is 1. The van der Waals surface area contributed by atoms with Crippen LogP contribution in [0.3, 0.4) is 0 Å². The van der Waals surface area contributed by atoms with Gasteiger partial charge in [0.05, 0.1) is 0 Å². The first-order valence-corrected chi connectivity index (χ1v) is 4.99. The Bertz CT molecular complexity index is 499. The average Bonchev–Trinajstić information content (AvgIpc) is 2.57. The van der Waals surface area contributed by atoms with Gasteiger partial charge in [-0.05, 0) is 29.8 Å². The molecule has 1 aromatic heterocycles. The van der Waals surface area contributed by atoms with Crippen LogP contribution < -0.4 is 0 Å². The van der Waals surface area contributed by atoms with Crippen LogP contribution in [0, 0.1) is 0 Å². The molecule has 0 fully saturated rings. The lowest BCUT2D eigenvalue weighted by Gasteiger charge is -1.92. The molecule has 0 radical (unpaired) electrons. The summed E-state index contributed by atoms with van der Waals surface area (Å²) in [5.74, 6) is 0. The predicted octanol–water partition coefficient (Wildman–Crippen LogP) is 3.14. The zero-order valence-electron chi connectivity index (χ0n) is 7.33. The second kappa shape index (κ2) is 3.80. The number of allylic oxidation sites excluding steroid dienone is 1. The van der Waals surface area contributed by atoms with Crippen molar-refractivity contribution in [3.63, 3.8) is 0 Å². The van der Waals surface area contributed by atoms with Crippen molar-refractivity contribution in [1.82, 2.24) is 4.98 Å². The zero-order chi connectivity index (χ0) is 9.97. The molecular weight excluding hydrogens is 242 g/mol. The van der Waals surface area contributed by atoms with Crippen molar-refractivity contribution in [1.29, 1.82) is 0 Å². The molecule has 70 valence electrons. The van der Waals surface area contributed by atoms with Crippen molar-refractivity contribution in [2.45, 2.75) is 0 Å². The van der Waals surface area contributed by atoms with Gasteiger partial charge in [-0.15, -0.1) is 0 Å². The number of nitrogens with one attached hydrogen (secondary N) is 1. The van der Waals surface area contributed by atoms with Gasteiger partial charge in [0, 0.05) is 21.6 Å². The number of benzene rings is 1. The lowest BCUT2D eigenvalue weighted by molar-refractivity contribution is -0.104. The van der Waals surface area contributed by atoms with Crippen LogP contribution in [-0.2, 0) is 4.79 Å². The van der Waals surface area contributed by atoms with Crippen LogP contribution >= 0.6 is 15.9 Å². The van der Waals surface area contributed by atoms with Crippen molar-refractivity contribution < 1.29 is 4.79 Å². The maximum atomic E-state index is 10.2. The highest BCUT2D eigenvalue weighted by Gasteiger charge is 2.00. The van der Waals surface area contributed by atoms with E-state index in [1.54, 1.807) is 6.08 Å². The number of fused-ring (bicyclic) bond motifs is 1. The minimum absolute atomic E-state index is 0.775. The maximum Gasteiger partial charge on any atom is 0.142 e. The number of hydrogen-bond acceptors (Lipinski definition) is 1. The summed E-state index contributed by atoms with van der Waals surface area (Å²) in [5.41, 5.74) is 2.09. The van der Waals surface area contributed by atoms with Gasteiger partial charge in [-0.1, -0.05) is 22.0 Å². The molecule has 0 aliphatic carbocycles. The van der Waals surface area contributed by atoms with E-state index in [9.17, 15) is 4.79 Å². The number of carbonyl (C=O) groups excluding carboxylic acids is 1. The Morgan fingerprint density at radius 2 is 2.21 bits per heavy atom. The number of aromatic amines is 1. The third-order valence-corrected chi connectivity index (χ3v) is 2.52. The van der Waals surface area contributed by atoms with Gasteiger partial charge in [0.25, 0.3) is 0 Å². The SMILES string of the molecule is O=CC=Cc1c[nH]c2cc(Br)ccc12. The van der Waals surface area contributed by atoms with Crippen LogP contribution in [0.2, 0.25) is 0 Å². The largest absolute Gasteiger partial charge is 0.361 e. The lowest BCUT2D eigenvalue weighted by atomic mass is 10.2. The fourth-order valence-corrected chi connectivity index (χ4v) is 1.76. The third kappa shape index (κ3) is 1.63. The van der Waals surface area contributed by atoms with Crippen molar-refractivity contribution >= 4 is 39.2 Å². The van der Waals surface area contributed by atoms with E-state index in [2.05, 4.69) is 20.9 Å². The highest BCUT2D eigenvalue weighted by molar-refractivity contribution is 9.10. The van der Waals surface area contributed by atoms with Crippen molar-refractivity contribution in [2.24, 2.45) is 0 Å². The fraction of sp³-hybridized carbons (Fsp3) is 0. The Labute approximate surface area is 89.8 Å². The number of rotatable bonds is 2. The first-order chi connectivity index (χ1) is 6.81. The van der Waals surface area contributed by atoms with E-state index < -0.39 is 0 Å². The molecule has 0 atom stereocenters. The quantitative estimate of drug-likeness (QED) is 0.644. The lowest BCUT2D eigenvalue weighted by Crippen LogP contribution is -1.70. The standard InChI is InChI=1S/C11H8BrNO/c12-9-3-4-10-8(2-1-5-14)7-13-11(10)6-9/h1-7,13H. The molecule has 0 unspecified atom stereocenters. The Morgan fingerprint density at radius 1 is 1.36 bits per heavy atom. The van der Waals surface area contributed by atoms with Crippen LogP contribution in [0.15, 0.2) is 34.9 Å². The number of halogens is 1. The van der Waals surface area contributed by atoms with Gasteiger partial charge < -0.3 is 4.98 Å². The van der Waals surface area contributed by atoms with E-state index in [4.69, 9.17) is 0 Å². The van der Waals surface area contributed by atoms with Crippen molar-refractivity contribution in [2.75, 3.05) is 0 Å². The minimum Gasteiger partial charge on any atom is -0.361 e. The van der Waals surface area contributed by atoms with Gasteiger partial charge in [0.15, 0.2) is 0 Å². The first-order valence-electron chi connectivity index (χ1n) is 4.20. The van der Waals surface area contributed by atoms with Gasteiger partial charge in [-0.3, -0.25) is 4.79 Å². The summed E-state index contributed by atoms with van der Waals surface area (Å²) < 4.78 is 1.04. The molecule has 0 saturated carbocycles. The molecule has 0 spiro atoms. The van der Waals surface area contributed by atoms with Gasteiger partial charge in [-0.2, -0.15) is 0 Å². The summed E-state index contributed by atoms with van der Waals surface area (Å²) >= 11 is 3.40. The third-order valence-electron chi connectivity index (χ3n) is 2.03. The highest BCUT2D eigenvalue weighted by atomic mass is 79.9. The molecule has 0 saturated heterocycles. The summed E-state index contributed by atoms with van der Waals surface area (Å²) in [5, 5.41) is 1.12. The Hall–Kier alpha value is -1.35. The van der Waals surface area contributed by atoms with Crippen LogP contribution in [0.4, 0.5) is 0 Å². The summed E-state index contributed by atoms with van der Waals surface area (Å²) in [6.45, 7) is 0. The van der Waals surface area contributed by atoms with E-state index >= 15 is 0 Å². The van der Waals surface area contributed by atoms with E-state index in [1.807, 2.05) is 24.4 Å².